The molecule has 1 aliphatic rings. The first kappa shape index (κ1) is 17.1. The Kier molecular flexibility index (Phi) is 5.11. The van der Waals surface area contributed by atoms with E-state index < -0.39 is 5.54 Å². The largest absolute Gasteiger partial charge is 0.337 e. The van der Waals surface area contributed by atoms with Gasteiger partial charge in [-0.3, -0.25) is 15.1 Å². The fourth-order valence-corrected chi connectivity index (χ4v) is 3.00. The Balaban J connectivity index is 1.69. The standard InChI is InChI=1S/C20H22N4O/c1-20(14-21,16-10-11-16)24-18(25)13-23-19(15-7-3-2-4-8-15)17-9-5-6-12-22-17/h2-9,12,16,19,23H,10-11,13H2,1H3,(H,24,25). The molecule has 2 aromatic rings. The number of aromatic nitrogens is 1. The van der Waals surface area contributed by atoms with E-state index in [4.69, 9.17) is 0 Å². The number of benzene rings is 1. The summed E-state index contributed by atoms with van der Waals surface area (Å²) in [6, 6.07) is 17.7. The van der Waals surface area contributed by atoms with E-state index in [1.165, 1.54) is 0 Å². The van der Waals surface area contributed by atoms with Crippen LogP contribution in [0.5, 0.6) is 0 Å². The Morgan fingerprint density at radius 3 is 2.60 bits per heavy atom. The summed E-state index contributed by atoms with van der Waals surface area (Å²) < 4.78 is 0. The monoisotopic (exact) mass is 334 g/mol. The van der Waals surface area contributed by atoms with Crippen molar-refractivity contribution in [3.8, 4) is 6.07 Å². The lowest BCUT2D eigenvalue weighted by Crippen LogP contribution is -2.50. The number of pyridine rings is 1. The van der Waals surface area contributed by atoms with Crippen molar-refractivity contribution in [3.05, 3.63) is 66.0 Å². The van der Waals surface area contributed by atoms with E-state index in [0.717, 1.165) is 24.1 Å². The molecule has 2 unspecified atom stereocenters. The lowest BCUT2D eigenvalue weighted by Gasteiger charge is -2.24. The summed E-state index contributed by atoms with van der Waals surface area (Å²) in [7, 11) is 0. The third kappa shape index (κ3) is 4.23. The first-order valence-corrected chi connectivity index (χ1v) is 8.54. The second kappa shape index (κ2) is 7.45. The van der Waals surface area contributed by atoms with Crippen LogP contribution in [-0.2, 0) is 4.79 Å². The van der Waals surface area contributed by atoms with Crippen LogP contribution in [-0.4, -0.2) is 23.0 Å². The maximum atomic E-state index is 12.4. The minimum Gasteiger partial charge on any atom is -0.337 e. The zero-order chi connectivity index (χ0) is 17.7. The number of amides is 1. The molecule has 1 saturated carbocycles. The molecule has 2 N–H and O–H groups in total. The van der Waals surface area contributed by atoms with E-state index in [1.54, 1.807) is 13.1 Å². The van der Waals surface area contributed by atoms with Crippen molar-refractivity contribution in [2.24, 2.45) is 5.92 Å². The molecule has 1 heterocycles. The number of nitrogens with one attached hydrogen (secondary N) is 2. The van der Waals surface area contributed by atoms with Crippen molar-refractivity contribution < 1.29 is 4.79 Å². The van der Waals surface area contributed by atoms with Crippen molar-refractivity contribution in [2.45, 2.75) is 31.3 Å². The minimum atomic E-state index is -0.772. The van der Waals surface area contributed by atoms with Gasteiger partial charge in [-0.15, -0.1) is 0 Å². The first-order valence-electron chi connectivity index (χ1n) is 8.54. The van der Waals surface area contributed by atoms with Crippen LogP contribution in [0.2, 0.25) is 0 Å². The topological polar surface area (TPSA) is 77.8 Å². The van der Waals surface area contributed by atoms with Gasteiger partial charge in [-0.1, -0.05) is 36.4 Å². The number of rotatable bonds is 7. The smallest absolute Gasteiger partial charge is 0.235 e. The molecule has 1 aromatic carbocycles. The van der Waals surface area contributed by atoms with Crippen molar-refractivity contribution in [1.82, 2.24) is 15.6 Å². The fourth-order valence-electron chi connectivity index (χ4n) is 3.00. The van der Waals surface area contributed by atoms with Crippen LogP contribution in [0.3, 0.4) is 0 Å². The van der Waals surface area contributed by atoms with Crippen LogP contribution < -0.4 is 10.6 Å². The second-order valence-corrected chi connectivity index (χ2v) is 6.62. The summed E-state index contributed by atoms with van der Waals surface area (Å²) in [5.41, 5.74) is 1.12. The highest BCUT2D eigenvalue weighted by molar-refractivity contribution is 5.79. The van der Waals surface area contributed by atoms with Gasteiger partial charge in [0.2, 0.25) is 5.91 Å². The molecular formula is C20H22N4O. The van der Waals surface area contributed by atoms with Crippen LogP contribution >= 0.6 is 0 Å². The van der Waals surface area contributed by atoms with Gasteiger partial charge < -0.3 is 5.32 Å². The third-order valence-electron chi connectivity index (χ3n) is 4.61. The number of hydrogen-bond acceptors (Lipinski definition) is 4. The minimum absolute atomic E-state index is 0.125. The summed E-state index contributed by atoms with van der Waals surface area (Å²) in [6.07, 6.45) is 3.74. The predicted molar refractivity (Wildman–Crippen MR) is 95.4 cm³/mol. The molecule has 3 rings (SSSR count). The molecule has 5 heteroatoms. The average Bonchev–Trinajstić information content (AvgIpc) is 3.49. The molecule has 25 heavy (non-hydrogen) atoms. The van der Waals surface area contributed by atoms with E-state index in [0.29, 0.717) is 0 Å². The molecule has 0 spiro atoms. The van der Waals surface area contributed by atoms with Crippen LogP contribution in [0.25, 0.3) is 0 Å². The van der Waals surface area contributed by atoms with E-state index in [1.807, 2.05) is 48.5 Å². The molecule has 1 amide bonds. The number of carbonyl (C=O) groups is 1. The van der Waals surface area contributed by atoms with Crippen LogP contribution in [0.15, 0.2) is 54.7 Å². The van der Waals surface area contributed by atoms with Crippen molar-refractivity contribution >= 4 is 5.91 Å². The molecule has 5 nitrogen and oxygen atoms in total. The molecular weight excluding hydrogens is 312 g/mol. The van der Waals surface area contributed by atoms with Crippen molar-refractivity contribution in [3.63, 3.8) is 0 Å². The summed E-state index contributed by atoms with van der Waals surface area (Å²) in [5, 5.41) is 15.5. The maximum absolute atomic E-state index is 12.4. The normalized spacial score (nSPS) is 17.1. The fraction of sp³-hybridized carbons (Fsp3) is 0.350. The third-order valence-corrected chi connectivity index (χ3v) is 4.61. The quantitative estimate of drug-likeness (QED) is 0.816. The Morgan fingerprint density at radius 2 is 2.00 bits per heavy atom. The molecule has 1 fully saturated rings. The van der Waals surface area contributed by atoms with Gasteiger partial charge in [0.15, 0.2) is 0 Å². The highest BCUT2D eigenvalue weighted by Gasteiger charge is 2.42. The van der Waals surface area contributed by atoms with Gasteiger partial charge in [0.25, 0.3) is 0 Å². The van der Waals surface area contributed by atoms with Gasteiger partial charge in [-0.05, 0) is 43.4 Å². The Labute approximate surface area is 148 Å². The number of hydrogen-bond donors (Lipinski definition) is 2. The van der Waals surface area contributed by atoms with Gasteiger partial charge in [0.05, 0.1) is 24.3 Å². The zero-order valence-electron chi connectivity index (χ0n) is 14.3. The van der Waals surface area contributed by atoms with Gasteiger partial charge in [0.1, 0.15) is 5.54 Å². The van der Waals surface area contributed by atoms with Gasteiger partial charge in [-0.25, -0.2) is 0 Å². The summed E-state index contributed by atoms with van der Waals surface area (Å²) in [6.45, 7) is 1.93. The van der Waals surface area contributed by atoms with E-state index in [-0.39, 0.29) is 24.4 Å². The highest BCUT2D eigenvalue weighted by Crippen LogP contribution is 2.39. The SMILES string of the molecule is CC(C#N)(NC(=O)CNC(c1ccccc1)c1ccccn1)C1CC1. The van der Waals surface area contributed by atoms with E-state index in [9.17, 15) is 10.1 Å². The van der Waals surface area contributed by atoms with E-state index >= 15 is 0 Å². The zero-order valence-corrected chi connectivity index (χ0v) is 14.3. The molecule has 0 aliphatic heterocycles. The second-order valence-electron chi connectivity index (χ2n) is 6.62. The van der Waals surface area contributed by atoms with Crippen LogP contribution in [0.1, 0.15) is 37.1 Å². The number of nitrogens with zero attached hydrogens (tertiary/aromatic N) is 2. The molecule has 1 aromatic heterocycles. The lowest BCUT2D eigenvalue weighted by molar-refractivity contribution is -0.121. The molecule has 2 atom stereocenters. The number of carbonyl (C=O) groups excluding carboxylic acids is 1. The lowest BCUT2D eigenvalue weighted by atomic mass is 9.98. The Hall–Kier alpha value is -2.71. The number of nitriles is 1. The molecule has 128 valence electrons. The molecule has 1 aliphatic carbocycles. The van der Waals surface area contributed by atoms with Gasteiger partial charge >= 0.3 is 0 Å². The molecule has 0 saturated heterocycles. The molecule has 0 bridgehead atoms. The van der Waals surface area contributed by atoms with E-state index in [2.05, 4.69) is 21.7 Å². The van der Waals surface area contributed by atoms with Gasteiger partial charge in [-0.2, -0.15) is 5.26 Å². The van der Waals surface area contributed by atoms with Crippen LogP contribution in [0, 0.1) is 17.2 Å². The summed E-state index contributed by atoms with van der Waals surface area (Å²) in [4.78, 5) is 16.8. The molecule has 0 radical (unpaired) electrons. The van der Waals surface area contributed by atoms with Crippen molar-refractivity contribution in [1.29, 1.82) is 5.26 Å². The highest BCUT2D eigenvalue weighted by atomic mass is 16.2. The first-order chi connectivity index (χ1) is 12.1. The van der Waals surface area contributed by atoms with Crippen LogP contribution in [0.4, 0.5) is 0 Å². The summed E-state index contributed by atoms with van der Waals surface area (Å²) in [5.74, 6) is 0.0926. The Bertz CT molecular complexity index is 713. The maximum Gasteiger partial charge on any atom is 0.235 e. The predicted octanol–water partition coefficient (Wildman–Crippen LogP) is 2.57. The van der Waals surface area contributed by atoms with Gasteiger partial charge in [0, 0.05) is 6.20 Å². The summed E-state index contributed by atoms with van der Waals surface area (Å²) >= 11 is 0. The average molecular weight is 334 g/mol. The Morgan fingerprint density at radius 1 is 1.28 bits per heavy atom. The van der Waals surface area contributed by atoms with Crippen molar-refractivity contribution in [2.75, 3.05) is 6.54 Å².